The third-order valence-electron chi connectivity index (χ3n) is 2.08. The highest BCUT2D eigenvalue weighted by molar-refractivity contribution is 5.72. The molecule has 1 heterocycles. The molecule has 0 bridgehead atoms. The number of carbonyl (C=O) groups is 2. The zero-order valence-corrected chi connectivity index (χ0v) is 8.29. The van der Waals surface area contributed by atoms with Crippen LogP contribution in [0, 0.1) is 0 Å². The molecule has 0 aromatic carbocycles. The number of hydrogen-bond acceptors (Lipinski definition) is 4. The first-order valence-corrected chi connectivity index (χ1v) is 5.10. The molecular weight excluding hydrogens is 184 g/mol. The maximum atomic E-state index is 11.0. The smallest absolute Gasteiger partial charge is 0.305 e. The highest BCUT2D eigenvalue weighted by atomic mass is 16.5. The van der Waals surface area contributed by atoms with Crippen LogP contribution < -0.4 is 0 Å². The van der Waals surface area contributed by atoms with Gasteiger partial charge in [-0.3, -0.25) is 9.59 Å². The Hall–Kier alpha value is -1.06. The molecule has 0 N–H and O–H groups in total. The van der Waals surface area contributed by atoms with E-state index in [0.29, 0.717) is 32.5 Å². The Balaban J connectivity index is 2.28. The van der Waals surface area contributed by atoms with Crippen LogP contribution in [0.15, 0.2) is 0 Å². The van der Waals surface area contributed by atoms with Crippen LogP contribution in [0.1, 0.15) is 38.5 Å². The normalized spacial score (nSPS) is 21.4. The molecule has 4 heteroatoms. The van der Waals surface area contributed by atoms with Gasteiger partial charge in [0.05, 0.1) is 13.2 Å². The first-order valence-electron chi connectivity index (χ1n) is 5.10. The SMILES string of the molecule is O=C1CCCC(=O)OCCCCCO1. The zero-order chi connectivity index (χ0) is 10.2. The standard InChI is InChI=1S/C10H16O4/c11-9-5-4-6-10(12)14-8-3-1-2-7-13-9/h1-8H2. The average molecular weight is 200 g/mol. The largest absolute Gasteiger partial charge is 0.466 e. The van der Waals surface area contributed by atoms with Crippen molar-refractivity contribution < 1.29 is 19.1 Å². The monoisotopic (exact) mass is 200 g/mol. The van der Waals surface area contributed by atoms with Crippen molar-refractivity contribution in [2.45, 2.75) is 38.5 Å². The molecule has 1 fully saturated rings. The van der Waals surface area contributed by atoms with Gasteiger partial charge < -0.3 is 9.47 Å². The van der Waals surface area contributed by atoms with Crippen LogP contribution in [0.5, 0.6) is 0 Å². The summed E-state index contributed by atoms with van der Waals surface area (Å²) in [5.74, 6) is -0.420. The molecule has 1 aliphatic heterocycles. The van der Waals surface area contributed by atoms with E-state index in [1.165, 1.54) is 0 Å². The highest BCUT2D eigenvalue weighted by Crippen LogP contribution is 2.04. The summed E-state index contributed by atoms with van der Waals surface area (Å²) >= 11 is 0. The van der Waals surface area contributed by atoms with Gasteiger partial charge in [0.1, 0.15) is 0 Å². The van der Waals surface area contributed by atoms with E-state index in [9.17, 15) is 9.59 Å². The van der Waals surface area contributed by atoms with E-state index in [1.54, 1.807) is 0 Å². The van der Waals surface area contributed by atoms with Gasteiger partial charge in [0.25, 0.3) is 0 Å². The molecule has 14 heavy (non-hydrogen) atoms. The Labute approximate surface area is 83.6 Å². The Bertz CT molecular complexity index is 180. The lowest BCUT2D eigenvalue weighted by atomic mass is 10.2. The molecule has 0 aromatic rings. The van der Waals surface area contributed by atoms with Crippen LogP contribution in [0.2, 0.25) is 0 Å². The van der Waals surface area contributed by atoms with E-state index in [2.05, 4.69) is 0 Å². The molecule has 0 spiro atoms. The number of esters is 2. The van der Waals surface area contributed by atoms with Crippen LogP contribution in [0.4, 0.5) is 0 Å². The van der Waals surface area contributed by atoms with Crippen LogP contribution in [0.3, 0.4) is 0 Å². The Morgan fingerprint density at radius 1 is 0.714 bits per heavy atom. The second kappa shape index (κ2) is 6.40. The Kier molecular flexibility index (Phi) is 5.04. The van der Waals surface area contributed by atoms with Crippen molar-refractivity contribution in [1.29, 1.82) is 0 Å². The fraction of sp³-hybridized carbons (Fsp3) is 0.800. The Morgan fingerprint density at radius 3 is 1.71 bits per heavy atom. The predicted molar refractivity (Wildman–Crippen MR) is 49.6 cm³/mol. The molecule has 0 aliphatic carbocycles. The molecule has 1 aliphatic rings. The van der Waals surface area contributed by atoms with E-state index in [4.69, 9.17) is 9.47 Å². The minimum atomic E-state index is -0.210. The molecule has 0 saturated carbocycles. The summed E-state index contributed by atoms with van der Waals surface area (Å²) in [6.07, 6.45) is 3.79. The first kappa shape index (κ1) is 11.0. The fourth-order valence-electron chi connectivity index (χ4n) is 1.27. The summed E-state index contributed by atoms with van der Waals surface area (Å²) in [5, 5.41) is 0. The maximum Gasteiger partial charge on any atom is 0.305 e. The number of ether oxygens (including phenoxy) is 2. The molecular formula is C10H16O4. The molecule has 4 nitrogen and oxygen atoms in total. The predicted octanol–water partition coefficient (Wildman–Crippen LogP) is 1.43. The number of cyclic esters (lactones) is 2. The van der Waals surface area contributed by atoms with Crippen molar-refractivity contribution in [3.8, 4) is 0 Å². The Morgan fingerprint density at radius 2 is 1.21 bits per heavy atom. The minimum absolute atomic E-state index is 0.210. The lowest BCUT2D eigenvalue weighted by Crippen LogP contribution is -2.11. The number of carbonyl (C=O) groups excluding carboxylic acids is 2. The van der Waals surface area contributed by atoms with Crippen LogP contribution in [-0.2, 0) is 19.1 Å². The van der Waals surface area contributed by atoms with Crippen molar-refractivity contribution in [1.82, 2.24) is 0 Å². The summed E-state index contributed by atoms with van der Waals surface area (Å²) in [4.78, 5) is 22.1. The fourth-order valence-corrected chi connectivity index (χ4v) is 1.27. The van der Waals surface area contributed by atoms with E-state index in [1.807, 2.05) is 0 Å². The lowest BCUT2D eigenvalue weighted by Gasteiger charge is -2.08. The molecule has 80 valence electrons. The van der Waals surface area contributed by atoms with Crippen LogP contribution in [0.25, 0.3) is 0 Å². The van der Waals surface area contributed by atoms with Gasteiger partial charge in [-0.2, -0.15) is 0 Å². The van der Waals surface area contributed by atoms with Crippen molar-refractivity contribution in [3.63, 3.8) is 0 Å². The summed E-state index contributed by atoms with van der Waals surface area (Å²) in [5.41, 5.74) is 0. The van der Waals surface area contributed by atoms with Crippen LogP contribution >= 0.6 is 0 Å². The van der Waals surface area contributed by atoms with E-state index < -0.39 is 0 Å². The lowest BCUT2D eigenvalue weighted by molar-refractivity contribution is -0.146. The maximum absolute atomic E-state index is 11.0. The third-order valence-corrected chi connectivity index (χ3v) is 2.08. The van der Waals surface area contributed by atoms with Gasteiger partial charge in [-0.25, -0.2) is 0 Å². The highest BCUT2D eigenvalue weighted by Gasteiger charge is 2.08. The van der Waals surface area contributed by atoms with Gasteiger partial charge in [-0.1, -0.05) is 0 Å². The number of hydrogen-bond donors (Lipinski definition) is 0. The van der Waals surface area contributed by atoms with Gasteiger partial charge in [0.15, 0.2) is 0 Å². The molecule has 0 atom stereocenters. The molecule has 1 saturated heterocycles. The zero-order valence-electron chi connectivity index (χ0n) is 8.29. The van der Waals surface area contributed by atoms with Crippen molar-refractivity contribution in [2.75, 3.05) is 13.2 Å². The van der Waals surface area contributed by atoms with Crippen molar-refractivity contribution >= 4 is 11.9 Å². The molecule has 0 unspecified atom stereocenters. The van der Waals surface area contributed by atoms with Gasteiger partial charge in [0.2, 0.25) is 0 Å². The van der Waals surface area contributed by atoms with Gasteiger partial charge in [-0.15, -0.1) is 0 Å². The topological polar surface area (TPSA) is 52.6 Å². The van der Waals surface area contributed by atoms with Gasteiger partial charge in [-0.05, 0) is 25.7 Å². The average Bonchev–Trinajstić information content (AvgIpc) is 2.14. The second-order valence-electron chi connectivity index (χ2n) is 3.36. The molecule has 0 amide bonds. The van der Waals surface area contributed by atoms with E-state index in [0.717, 1.165) is 19.3 Å². The van der Waals surface area contributed by atoms with E-state index in [-0.39, 0.29) is 11.9 Å². The number of rotatable bonds is 0. The first-order chi connectivity index (χ1) is 6.79. The summed E-state index contributed by atoms with van der Waals surface area (Å²) in [6, 6.07) is 0. The third kappa shape index (κ3) is 4.84. The van der Waals surface area contributed by atoms with Crippen molar-refractivity contribution in [3.05, 3.63) is 0 Å². The second-order valence-corrected chi connectivity index (χ2v) is 3.36. The van der Waals surface area contributed by atoms with Gasteiger partial charge in [0, 0.05) is 12.8 Å². The van der Waals surface area contributed by atoms with E-state index >= 15 is 0 Å². The van der Waals surface area contributed by atoms with Gasteiger partial charge >= 0.3 is 11.9 Å². The molecule has 0 radical (unpaired) electrons. The summed E-state index contributed by atoms with van der Waals surface area (Å²) in [7, 11) is 0. The molecule has 0 aromatic heterocycles. The minimum Gasteiger partial charge on any atom is -0.466 e. The van der Waals surface area contributed by atoms with Crippen LogP contribution in [-0.4, -0.2) is 25.2 Å². The van der Waals surface area contributed by atoms with Crippen molar-refractivity contribution in [2.24, 2.45) is 0 Å². The quantitative estimate of drug-likeness (QED) is 0.555. The summed E-state index contributed by atoms with van der Waals surface area (Å²) < 4.78 is 9.92. The molecule has 1 rings (SSSR count). The summed E-state index contributed by atoms with van der Waals surface area (Å²) in [6.45, 7) is 0.986.